The van der Waals surface area contributed by atoms with Gasteiger partial charge in [-0.3, -0.25) is 4.98 Å². The summed E-state index contributed by atoms with van der Waals surface area (Å²) in [5.41, 5.74) is 3.24. The Morgan fingerprint density at radius 2 is 1.72 bits per heavy atom. The zero-order valence-electron chi connectivity index (χ0n) is 14.4. The summed E-state index contributed by atoms with van der Waals surface area (Å²) in [7, 11) is 0. The van der Waals surface area contributed by atoms with E-state index in [0.29, 0.717) is 16.0 Å². The van der Waals surface area contributed by atoms with Crippen molar-refractivity contribution in [1.82, 2.24) is 4.98 Å². The maximum Gasteiger partial charge on any atom is 0.144 e. The van der Waals surface area contributed by atoms with E-state index in [1.54, 1.807) is 12.1 Å². The van der Waals surface area contributed by atoms with Crippen molar-refractivity contribution in [2.75, 3.05) is 0 Å². The predicted octanol–water partition coefficient (Wildman–Crippen LogP) is 6.74. The number of rotatable bonds is 3. The van der Waals surface area contributed by atoms with Crippen molar-refractivity contribution < 1.29 is 9.13 Å². The van der Waals surface area contributed by atoms with Crippen molar-refractivity contribution in [2.45, 2.75) is 26.2 Å². The molecule has 0 aliphatic rings. The lowest BCUT2D eigenvalue weighted by Gasteiger charge is -2.19. The lowest BCUT2D eigenvalue weighted by atomic mass is 9.87. The Morgan fingerprint density at radius 1 is 1.00 bits per heavy atom. The van der Waals surface area contributed by atoms with Gasteiger partial charge >= 0.3 is 0 Å². The average molecular weight is 400 g/mol. The first-order chi connectivity index (χ1) is 11.8. The summed E-state index contributed by atoms with van der Waals surface area (Å²) in [5, 5.41) is 0. The fraction of sp³-hybridized carbons (Fsp3) is 0.190. The predicted molar refractivity (Wildman–Crippen MR) is 103 cm³/mol. The molecule has 0 radical (unpaired) electrons. The van der Waals surface area contributed by atoms with Gasteiger partial charge in [0.05, 0.1) is 10.2 Å². The van der Waals surface area contributed by atoms with Gasteiger partial charge in [-0.15, -0.1) is 0 Å². The minimum Gasteiger partial charge on any atom is -0.456 e. The Morgan fingerprint density at radius 3 is 2.40 bits per heavy atom. The van der Waals surface area contributed by atoms with E-state index in [2.05, 4.69) is 47.8 Å². The fourth-order valence-corrected chi connectivity index (χ4v) is 2.78. The highest BCUT2D eigenvalue weighted by atomic mass is 79.9. The highest BCUT2D eigenvalue weighted by Gasteiger charge is 2.14. The van der Waals surface area contributed by atoms with Crippen LogP contribution < -0.4 is 4.74 Å². The molecule has 1 heterocycles. The van der Waals surface area contributed by atoms with Gasteiger partial charge in [-0.25, -0.2) is 4.39 Å². The van der Waals surface area contributed by atoms with E-state index in [1.165, 1.54) is 11.6 Å². The van der Waals surface area contributed by atoms with Gasteiger partial charge in [-0.1, -0.05) is 26.8 Å². The molecule has 0 saturated carbocycles. The first kappa shape index (κ1) is 17.6. The summed E-state index contributed by atoms with van der Waals surface area (Å²) in [6.07, 6.45) is 1.84. The van der Waals surface area contributed by atoms with E-state index in [4.69, 9.17) is 4.74 Å². The minimum atomic E-state index is -0.350. The number of halogens is 2. The monoisotopic (exact) mass is 399 g/mol. The number of hydrogen-bond donors (Lipinski definition) is 0. The lowest BCUT2D eigenvalue weighted by molar-refractivity contribution is 0.472. The molecular weight excluding hydrogens is 381 g/mol. The average Bonchev–Trinajstić information content (AvgIpc) is 2.59. The molecular formula is C21H19BrFNO. The zero-order valence-corrected chi connectivity index (χ0v) is 16.0. The van der Waals surface area contributed by atoms with Gasteiger partial charge in [0.15, 0.2) is 0 Å². The third-order valence-electron chi connectivity index (χ3n) is 3.92. The summed E-state index contributed by atoms with van der Waals surface area (Å²) in [6, 6.07) is 16.5. The van der Waals surface area contributed by atoms with Gasteiger partial charge in [-0.2, -0.15) is 0 Å². The van der Waals surface area contributed by atoms with Crippen LogP contribution in [-0.2, 0) is 5.41 Å². The van der Waals surface area contributed by atoms with Crippen molar-refractivity contribution in [3.05, 3.63) is 76.6 Å². The Bertz CT molecular complexity index is 885. The normalized spacial score (nSPS) is 11.4. The van der Waals surface area contributed by atoms with E-state index in [-0.39, 0.29) is 11.2 Å². The molecule has 0 atom stereocenters. The summed E-state index contributed by atoms with van der Waals surface area (Å²) in [5.74, 6) is 0.736. The van der Waals surface area contributed by atoms with Crippen LogP contribution in [0.15, 0.2) is 65.3 Å². The van der Waals surface area contributed by atoms with E-state index in [0.717, 1.165) is 11.3 Å². The molecule has 3 aromatic rings. The maximum absolute atomic E-state index is 13.6. The molecule has 0 spiro atoms. The second kappa shape index (κ2) is 6.96. The fourth-order valence-electron chi connectivity index (χ4n) is 2.44. The largest absolute Gasteiger partial charge is 0.456 e. The number of nitrogens with zero attached hydrogens (tertiary/aromatic N) is 1. The van der Waals surface area contributed by atoms with Crippen molar-refractivity contribution in [3.8, 4) is 22.8 Å². The quantitative estimate of drug-likeness (QED) is 0.486. The first-order valence-electron chi connectivity index (χ1n) is 8.03. The molecule has 0 N–H and O–H groups in total. The van der Waals surface area contributed by atoms with Gasteiger partial charge in [0, 0.05) is 11.8 Å². The Labute approximate surface area is 155 Å². The van der Waals surface area contributed by atoms with Crippen LogP contribution >= 0.6 is 15.9 Å². The van der Waals surface area contributed by atoms with Gasteiger partial charge < -0.3 is 4.74 Å². The van der Waals surface area contributed by atoms with Crippen LogP contribution in [0.1, 0.15) is 26.3 Å². The highest BCUT2D eigenvalue weighted by molar-refractivity contribution is 9.10. The van der Waals surface area contributed by atoms with Gasteiger partial charge in [-0.05, 0) is 75.4 Å². The SMILES string of the molecule is CC(C)(C)c1ccnc(-c2ccc(Oc3cccc(F)c3Br)cc2)c1. The van der Waals surface area contributed by atoms with Crippen LogP contribution in [0.4, 0.5) is 4.39 Å². The molecule has 0 unspecified atom stereocenters. The van der Waals surface area contributed by atoms with E-state index >= 15 is 0 Å². The van der Waals surface area contributed by atoms with Crippen LogP contribution in [0.2, 0.25) is 0 Å². The van der Waals surface area contributed by atoms with Crippen LogP contribution in [0, 0.1) is 5.82 Å². The van der Waals surface area contributed by atoms with Gasteiger partial charge in [0.2, 0.25) is 0 Å². The molecule has 25 heavy (non-hydrogen) atoms. The second-order valence-corrected chi connectivity index (χ2v) is 7.65. The summed E-state index contributed by atoms with van der Waals surface area (Å²) in [6.45, 7) is 6.54. The molecule has 0 bridgehead atoms. The Hall–Kier alpha value is -2.20. The molecule has 128 valence electrons. The van der Waals surface area contributed by atoms with Gasteiger partial charge in [0.25, 0.3) is 0 Å². The van der Waals surface area contributed by atoms with Crippen molar-refractivity contribution in [2.24, 2.45) is 0 Å². The third kappa shape index (κ3) is 4.07. The Balaban J connectivity index is 1.84. The molecule has 0 aliphatic carbocycles. The smallest absolute Gasteiger partial charge is 0.144 e. The third-order valence-corrected chi connectivity index (χ3v) is 4.69. The molecule has 0 amide bonds. The topological polar surface area (TPSA) is 22.1 Å². The lowest BCUT2D eigenvalue weighted by Crippen LogP contribution is -2.11. The molecule has 1 aromatic heterocycles. The van der Waals surface area contributed by atoms with Crippen LogP contribution in [-0.4, -0.2) is 4.98 Å². The molecule has 0 aliphatic heterocycles. The number of pyridine rings is 1. The van der Waals surface area contributed by atoms with E-state index in [1.807, 2.05) is 36.5 Å². The van der Waals surface area contributed by atoms with Crippen molar-refractivity contribution in [1.29, 1.82) is 0 Å². The number of ether oxygens (including phenoxy) is 1. The van der Waals surface area contributed by atoms with Gasteiger partial charge in [0.1, 0.15) is 17.3 Å². The van der Waals surface area contributed by atoms with E-state index in [9.17, 15) is 4.39 Å². The minimum absolute atomic E-state index is 0.0738. The molecule has 4 heteroatoms. The summed E-state index contributed by atoms with van der Waals surface area (Å²) < 4.78 is 19.6. The van der Waals surface area contributed by atoms with Crippen LogP contribution in [0.5, 0.6) is 11.5 Å². The zero-order chi connectivity index (χ0) is 18.0. The number of aromatic nitrogens is 1. The molecule has 2 nitrogen and oxygen atoms in total. The molecule has 3 rings (SSSR count). The summed E-state index contributed by atoms with van der Waals surface area (Å²) in [4.78, 5) is 4.46. The van der Waals surface area contributed by atoms with E-state index < -0.39 is 0 Å². The maximum atomic E-state index is 13.6. The number of benzene rings is 2. The molecule has 2 aromatic carbocycles. The Kier molecular flexibility index (Phi) is 4.91. The second-order valence-electron chi connectivity index (χ2n) is 6.86. The number of hydrogen-bond acceptors (Lipinski definition) is 2. The summed E-state index contributed by atoms with van der Waals surface area (Å²) >= 11 is 3.21. The molecule has 0 fully saturated rings. The van der Waals surface area contributed by atoms with Crippen LogP contribution in [0.3, 0.4) is 0 Å². The van der Waals surface area contributed by atoms with Crippen LogP contribution in [0.25, 0.3) is 11.3 Å². The molecule has 0 saturated heterocycles. The standard InChI is InChI=1S/C21H19BrFNO/c1-21(2,3)15-11-12-24-18(13-15)14-7-9-16(10-8-14)25-19-6-4-5-17(23)20(19)22/h4-13H,1-3H3. The first-order valence-corrected chi connectivity index (χ1v) is 8.83. The highest BCUT2D eigenvalue weighted by Crippen LogP contribution is 2.32. The van der Waals surface area contributed by atoms with Crippen molar-refractivity contribution in [3.63, 3.8) is 0 Å². The van der Waals surface area contributed by atoms with Crippen molar-refractivity contribution >= 4 is 15.9 Å².